The molecule has 0 heterocycles. The molecule has 2 saturated carbocycles. The van der Waals surface area contributed by atoms with Gasteiger partial charge in [-0.3, -0.25) is 0 Å². The van der Waals surface area contributed by atoms with E-state index in [0.717, 1.165) is 0 Å². The van der Waals surface area contributed by atoms with Crippen LogP contribution in [0.5, 0.6) is 0 Å². The van der Waals surface area contributed by atoms with Crippen molar-refractivity contribution >= 4 is 52.2 Å². The fraction of sp³-hybridized carbons (Fsp3) is 1.00. The Hall–Kier alpha value is 2.78. The van der Waals surface area contributed by atoms with Crippen LogP contribution in [0.2, 0.25) is 0 Å². The molecule has 0 aliphatic heterocycles. The largest absolute Gasteiger partial charge is 4.00 e. The minimum absolute atomic E-state index is 0. The fourth-order valence-electron chi connectivity index (χ4n) is 1.77. The standard InChI is InChI=1S/2C5H10.2C3H8S.2Mo.2H2S/c2*1-2-4-5-3-1;2*1-3(2)4;;;;/h2*1-5H2;2*3-4H,1-2H3;;;2*1H2/q;;;;+2;+4;;/p-4. The third-order valence-electron chi connectivity index (χ3n) is 2.50. The molecule has 0 bridgehead atoms. The zero-order chi connectivity index (χ0) is 14.2. The van der Waals surface area contributed by atoms with Crippen LogP contribution in [0.15, 0.2) is 0 Å². The molecular formula is C16H36Mo2S4+2. The topological polar surface area (TPSA) is 0 Å². The van der Waals surface area contributed by atoms with Crippen LogP contribution in [-0.4, -0.2) is 10.5 Å². The Morgan fingerprint density at radius 3 is 0.591 bits per heavy atom. The summed E-state index contributed by atoms with van der Waals surface area (Å²) in [6.45, 7) is 7.93. The van der Waals surface area contributed by atoms with Crippen molar-refractivity contribution in [3.8, 4) is 0 Å². The van der Waals surface area contributed by atoms with Crippen molar-refractivity contribution in [2.75, 3.05) is 0 Å². The van der Waals surface area contributed by atoms with E-state index in [1.54, 1.807) is 0 Å². The van der Waals surface area contributed by atoms with Gasteiger partial charge in [-0.25, -0.2) is 0 Å². The van der Waals surface area contributed by atoms with E-state index in [9.17, 15) is 0 Å². The predicted octanol–water partition coefficient (Wildman–Crippen LogP) is 5.24. The van der Waals surface area contributed by atoms with Gasteiger partial charge in [0.05, 0.1) is 0 Å². The predicted molar refractivity (Wildman–Crippen MR) is 109 cm³/mol. The van der Waals surface area contributed by atoms with E-state index in [0.29, 0.717) is 10.5 Å². The Kier molecular flexibility index (Phi) is 63.2. The van der Waals surface area contributed by atoms with E-state index in [2.05, 4.69) is 25.3 Å². The van der Waals surface area contributed by atoms with Gasteiger partial charge in [0.15, 0.2) is 0 Å². The van der Waals surface area contributed by atoms with Gasteiger partial charge in [0, 0.05) is 0 Å². The molecule has 0 aromatic carbocycles. The average molecular weight is 549 g/mol. The molecule has 0 aromatic heterocycles. The van der Waals surface area contributed by atoms with Gasteiger partial charge in [-0.15, -0.1) is 0 Å². The smallest absolute Gasteiger partial charge is 0.813 e. The summed E-state index contributed by atoms with van der Waals surface area (Å²) in [4.78, 5) is 0. The monoisotopic (exact) mass is 552 g/mol. The number of rotatable bonds is 0. The van der Waals surface area contributed by atoms with Crippen molar-refractivity contribution in [1.29, 1.82) is 0 Å². The van der Waals surface area contributed by atoms with E-state index in [4.69, 9.17) is 0 Å². The molecule has 6 heteroatoms. The third-order valence-corrected chi connectivity index (χ3v) is 2.50. The average Bonchev–Trinajstić information content (AvgIpc) is 2.96. The normalized spacial score (nSPS) is 14.2. The van der Waals surface area contributed by atoms with Crippen molar-refractivity contribution in [1.82, 2.24) is 0 Å². The molecule has 2 rings (SSSR count). The Balaban J connectivity index is -0.0000000369. The van der Waals surface area contributed by atoms with Crippen molar-refractivity contribution in [3.05, 3.63) is 0 Å². The number of thiol groups is 2. The second-order valence-corrected chi connectivity index (χ2v) is 7.52. The molecule has 0 N–H and O–H groups in total. The van der Waals surface area contributed by atoms with Crippen LogP contribution in [0.25, 0.3) is 0 Å². The summed E-state index contributed by atoms with van der Waals surface area (Å²) >= 11 is 9.24. The molecule has 0 saturated heterocycles. The number of hydrogen-bond donors (Lipinski definition) is 0. The second kappa shape index (κ2) is 35.0. The summed E-state index contributed by atoms with van der Waals surface area (Å²) in [5.74, 6) is 0. The van der Waals surface area contributed by atoms with Crippen molar-refractivity contribution < 1.29 is 42.1 Å². The summed E-state index contributed by atoms with van der Waals surface area (Å²) in [5, 5.41) is 0.833. The maximum absolute atomic E-state index is 4.62. The summed E-state index contributed by atoms with van der Waals surface area (Å²) in [5.41, 5.74) is 0. The molecule has 134 valence electrons. The Morgan fingerprint density at radius 2 is 0.545 bits per heavy atom. The van der Waals surface area contributed by atoms with E-state index in [-0.39, 0.29) is 69.1 Å². The first-order chi connectivity index (χ1) is 8.46. The summed E-state index contributed by atoms with van der Waals surface area (Å²) in [6.07, 6.45) is 15.0. The van der Waals surface area contributed by atoms with Gasteiger partial charge in [0.1, 0.15) is 0 Å². The van der Waals surface area contributed by atoms with Gasteiger partial charge in [-0.2, -0.15) is 10.5 Å². The quantitative estimate of drug-likeness (QED) is 0.231. The van der Waals surface area contributed by atoms with Gasteiger partial charge < -0.3 is 52.2 Å². The Morgan fingerprint density at radius 1 is 0.500 bits per heavy atom. The van der Waals surface area contributed by atoms with Crippen LogP contribution < -0.4 is 0 Å². The SMILES string of the molecule is C1CCCC1.C1CCCC1.CC(C)[S-].CC(C)[S-].[Mo+2].[Mo+4].[SH-].[SH-]. The third kappa shape index (κ3) is 66.2. The molecule has 0 amide bonds. The van der Waals surface area contributed by atoms with Gasteiger partial charge in [-0.1, -0.05) is 91.9 Å². The maximum Gasteiger partial charge on any atom is 4.00 e. The van der Waals surface area contributed by atoms with Crippen molar-refractivity contribution in [2.45, 2.75) is 102 Å². The summed E-state index contributed by atoms with van der Waals surface area (Å²) in [7, 11) is 0. The molecule has 0 spiro atoms. The maximum atomic E-state index is 4.62. The minimum Gasteiger partial charge on any atom is -0.813 e. The molecular weight excluding hydrogens is 512 g/mol. The van der Waals surface area contributed by atoms with Crippen LogP contribution >= 0.6 is 0 Å². The van der Waals surface area contributed by atoms with Gasteiger partial charge >= 0.3 is 42.1 Å². The molecule has 0 unspecified atom stereocenters. The van der Waals surface area contributed by atoms with Gasteiger partial charge in [-0.05, 0) is 0 Å². The van der Waals surface area contributed by atoms with Crippen LogP contribution in [-0.2, 0) is 94.4 Å². The molecule has 0 atom stereocenters. The van der Waals surface area contributed by atoms with Gasteiger partial charge in [0.25, 0.3) is 0 Å². The summed E-state index contributed by atoms with van der Waals surface area (Å²) in [6, 6.07) is 0. The molecule has 2 aliphatic rings. The first-order valence-electron chi connectivity index (χ1n) is 7.78. The molecule has 2 aliphatic carbocycles. The Bertz CT molecular complexity index is 103. The van der Waals surface area contributed by atoms with Crippen LogP contribution in [0.3, 0.4) is 0 Å². The van der Waals surface area contributed by atoms with Crippen LogP contribution in [0, 0.1) is 0 Å². The second-order valence-electron chi connectivity index (χ2n) is 5.63. The van der Waals surface area contributed by atoms with Crippen molar-refractivity contribution in [3.63, 3.8) is 0 Å². The first kappa shape index (κ1) is 39.7. The van der Waals surface area contributed by atoms with Crippen LogP contribution in [0.4, 0.5) is 0 Å². The van der Waals surface area contributed by atoms with E-state index >= 15 is 0 Å². The molecule has 0 aromatic rings. The van der Waals surface area contributed by atoms with E-state index < -0.39 is 0 Å². The zero-order valence-corrected chi connectivity index (χ0v) is 22.2. The van der Waals surface area contributed by atoms with E-state index in [1.807, 2.05) is 27.7 Å². The summed E-state index contributed by atoms with van der Waals surface area (Å²) < 4.78 is 0. The zero-order valence-electron chi connectivity index (χ0n) is 14.8. The molecule has 2 fully saturated rings. The van der Waals surface area contributed by atoms with E-state index in [1.165, 1.54) is 64.2 Å². The van der Waals surface area contributed by atoms with Gasteiger partial charge in [0.2, 0.25) is 0 Å². The molecule has 0 nitrogen and oxygen atoms in total. The molecule has 22 heavy (non-hydrogen) atoms. The molecule has 0 radical (unpaired) electrons. The van der Waals surface area contributed by atoms with Crippen molar-refractivity contribution in [2.24, 2.45) is 0 Å². The fourth-order valence-corrected chi connectivity index (χ4v) is 1.77. The number of hydrogen-bond acceptors (Lipinski definition) is 4. The Labute approximate surface area is 195 Å². The van der Waals surface area contributed by atoms with Crippen LogP contribution in [0.1, 0.15) is 91.9 Å². The minimum atomic E-state index is 0. The first-order valence-corrected chi connectivity index (χ1v) is 8.72.